The third-order valence-electron chi connectivity index (χ3n) is 4.80. The molecule has 0 heterocycles. The number of aliphatic carboxylic acids is 8. The van der Waals surface area contributed by atoms with Crippen LogP contribution in [0, 0.1) is 0 Å². The van der Waals surface area contributed by atoms with Crippen molar-refractivity contribution >= 4 is 107 Å². The number of hydrogen-bond acceptors (Lipinski definition) is 12. The van der Waals surface area contributed by atoms with Crippen LogP contribution in [0.25, 0.3) is 0 Å². The third-order valence-corrected chi connectivity index (χ3v) is 4.80. The van der Waals surface area contributed by atoms with Crippen molar-refractivity contribution in [2.75, 3.05) is 45.8 Å². The summed E-state index contributed by atoms with van der Waals surface area (Å²) in [6.07, 6.45) is -2.34. The fourth-order valence-electron chi connectivity index (χ4n) is 3.23. The maximum atomic E-state index is 10.8. The van der Waals surface area contributed by atoms with Crippen molar-refractivity contribution in [3.8, 4) is 0 Å². The van der Waals surface area contributed by atoms with Crippen LogP contribution >= 0.6 is 0 Å². The molecule has 0 amide bonds. The van der Waals surface area contributed by atoms with Gasteiger partial charge in [0.2, 0.25) is 0 Å². The van der Waals surface area contributed by atoms with Crippen LogP contribution in [0.1, 0.15) is 19.3 Å². The van der Waals surface area contributed by atoms with Gasteiger partial charge in [-0.1, -0.05) is 0 Å². The molecule has 0 aliphatic heterocycles. The SMILES string of the molecule is NC(CC(=O)O)C(CC(=O)O)(CC(=O)O)NCC(=O)O.O=C(O)CN(CCN(CC(=O)O)CC(=O)O)CC(=O)O.[Na].[Na]. The van der Waals surface area contributed by atoms with Crippen LogP contribution in [-0.4, -0.2) is 215 Å². The zero-order chi connectivity index (χ0) is 31.6. The summed E-state index contributed by atoms with van der Waals surface area (Å²) in [7, 11) is 0. The van der Waals surface area contributed by atoms with E-state index in [-0.39, 0.29) is 72.2 Å². The molecule has 1 unspecified atom stereocenters. The molecule has 22 heteroatoms. The summed E-state index contributed by atoms with van der Waals surface area (Å²) >= 11 is 0. The molecule has 0 saturated heterocycles. The molecule has 42 heavy (non-hydrogen) atoms. The van der Waals surface area contributed by atoms with Gasteiger partial charge < -0.3 is 46.6 Å². The third kappa shape index (κ3) is 25.3. The van der Waals surface area contributed by atoms with E-state index in [1.54, 1.807) is 0 Å². The average molecular weight is 630 g/mol. The molecule has 20 nitrogen and oxygen atoms in total. The van der Waals surface area contributed by atoms with Crippen LogP contribution in [0.2, 0.25) is 0 Å². The number of carboxylic acid groups (broad SMARTS) is 8. The predicted octanol–water partition coefficient (Wildman–Crippen LogP) is -4.68. The quantitative estimate of drug-likeness (QED) is 0.0532. The van der Waals surface area contributed by atoms with Crippen molar-refractivity contribution in [1.82, 2.24) is 15.1 Å². The normalized spacial score (nSPS) is 11.1. The first kappa shape index (κ1) is 46.6. The summed E-state index contributed by atoms with van der Waals surface area (Å²) in [5.41, 5.74) is 3.71. The molecule has 11 N–H and O–H groups in total. The number of rotatable bonds is 21. The second-order valence-corrected chi connectivity index (χ2v) is 8.25. The van der Waals surface area contributed by atoms with Gasteiger partial charge in [-0.15, -0.1) is 0 Å². The van der Waals surface area contributed by atoms with Crippen LogP contribution in [-0.2, 0) is 38.4 Å². The van der Waals surface area contributed by atoms with Gasteiger partial charge in [-0.2, -0.15) is 0 Å². The van der Waals surface area contributed by atoms with Crippen LogP contribution in [0.4, 0.5) is 0 Å². The molecule has 1 atom stereocenters. The van der Waals surface area contributed by atoms with E-state index in [1.807, 2.05) is 0 Å². The molecule has 0 aliphatic rings. The summed E-state index contributed by atoms with van der Waals surface area (Å²) < 4.78 is 0. The molecule has 0 aromatic carbocycles. The minimum absolute atomic E-state index is 0. The Bertz CT molecular complexity index is 867. The summed E-state index contributed by atoms with van der Waals surface area (Å²) in [6.45, 7) is -2.99. The number of carboxylic acids is 8. The molecule has 0 saturated carbocycles. The van der Waals surface area contributed by atoms with Gasteiger partial charge in [0.05, 0.1) is 57.5 Å². The second kappa shape index (κ2) is 24.1. The first-order valence-electron chi connectivity index (χ1n) is 11.0. The van der Waals surface area contributed by atoms with Crippen LogP contribution < -0.4 is 11.1 Å². The number of nitrogens with one attached hydrogen (secondary N) is 1. The van der Waals surface area contributed by atoms with E-state index in [4.69, 9.17) is 46.6 Å². The molecule has 0 fully saturated rings. The van der Waals surface area contributed by atoms with Crippen LogP contribution in [0.3, 0.4) is 0 Å². The minimum atomic E-state index is -1.87. The Labute approximate surface area is 282 Å². The number of hydrogen-bond donors (Lipinski definition) is 10. The first-order chi connectivity index (χ1) is 18.3. The Balaban J connectivity index is -0.000000328. The molecule has 0 aromatic rings. The van der Waals surface area contributed by atoms with E-state index in [9.17, 15) is 38.4 Å². The molecule has 0 rings (SSSR count). The van der Waals surface area contributed by atoms with Gasteiger partial charge in [0, 0.05) is 78.2 Å². The number of carbonyl (C=O) groups is 8. The first-order valence-corrected chi connectivity index (χ1v) is 11.0. The Kier molecular flexibility index (Phi) is 26.7. The Morgan fingerprint density at radius 2 is 0.857 bits per heavy atom. The minimum Gasteiger partial charge on any atom is -0.481 e. The summed E-state index contributed by atoms with van der Waals surface area (Å²) in [4.78, 5) is 87.3. The molecule has 0 bridgehead atoms. The Hall–Kier alpha value is -2.40. The van der Waals surface area contributed by atoms with E-state index >= 15 is 0 Å². The standard InChI is InChI=1S/2C10H16N2O8.2Na/c11-5(1-6(13)14)10(2-7(15)16,3-8(17)18)12-4-9(19)20;13-7(14)3-11(4-8(15)16)1-2-12(5-9(17)18)6-10(19)20;;/h5,12H,1-4,11H2,(H,13,14)(H,15,16)(H,17,18)(H,19,20);1-6H2,(H,13,14)(H,15,16)(H,17,18)(H,19,20);;. The molecule has 2 radical (unpaired) electrons. The molecule has 230 valence electrons. The van der Waals surface area contributed by atoms with E-state index in [2.05, 4.69) is 5.32 Å². The van der Waals surface area contributed by atoms with Crippen LogP contribution in [0.15, 0.2) is 0 Å². The van der Waals surface area contributed by atoms with Gasteiger partial charge in [-0.25, -0.2) is 0 Å². The van der Waals surface area contributed by atoms with Gasteiger partial charge in [-0.05, 0) is 0 Å². The zero-order valence-corrected chi connectivity index (χ0v) is 27.0. The topological polar surface area (TPSA) is 343 Å². The molecule has 0 aliphatic carbocycles. The summed E-state index contributed by atoms with van der Waals surface area (Å²) in [5.74, 6) is -10.5. The largest absolute Gasteiger partial charge is 0.481 e. The number of nitrogens with two attached hydrogens (primary N) is 1. The van der Waals surface area contributed by atoms with Gasteiger partial charge in [-0.3, -0.25) is 53.5 Å². The molecule has 0 spiro atoms. The molecular formula is C20H32N4Na2O16. The maximum Gasteiger partial charge on any atom is 0.317 e. The monoisotopic (exact) mass is 630 g/mol. The molecular weight excluding hydrogens is 598 g/mol. The van der Waals surface area contributed by atoms with Gasteiger partial charge >= 0.3 is 47.8 Å². The van der Waals surface area contributed by atoms with E-state index in [0.717, 1.165) is 9.80 Å². The Morgan fingerprint density at radius 1 is 0.548 bits per heavy atom. The van der Waals surface area contributed by atoms with Crippen molar-refractivity contribution in [2.45, 2.75) is 30.8 Å². The van der Waals surface area contributed by atoms with Crippen molar-refractivity contribution in [3.05, 3.63) is 0 Å². The average Bonchev–Trinajstić information content (AvgIpc) is 2.73. The summed E-state index contributed by atoms with van der Waals surface area (Å²) in [5, 5.41) is 71.6. The summed E-state index contributed by atoms with van der Waals surface area (Å²) in [6, 6.07) is -1.38. The van der Waals surface area contributed by atoms with Crippen molar-refractivity contribution in [1.29, 1.82) is 0 Å². The fraction of sp³-hybridized carbons (Fsp3) is 0.600. The van der Waals surface area contributed by atoms with Crippen molar-refractivity contribution in [3.63, 3.8) is 0 Å². The number of nitrogens with zero attached hydrogens (tertiary/aromatic N) is 2. The van der Waals surface area contributed by atoms with E-state index in [0.29, 0.717) is 0 Å². The van der Waals surface area contributed by atoms with E-state index < -0.39 is 111 Å². The zero-order valence-electron chi connectivity index (χ0n) is 23.0. The molecule has 0 aromatic heterocycles. The van der Waals surface area contributed by atoms with Gasteiger partial charge in [0.1, 0.15) is 0 Å². The maximum absolute atomic E-state index is 10.8. The smallest absolute Gasteiger partial charge is 0.317 e. The van der Waals surface area contributed by atoms with E-state index in [1.165, 1.54) is 0 Å². The van der Waals surface area contributed by atoms with Gasteiger partial charge in [0.25, 0.3) is 0 Å². The second-order valence-electron chi connectivity index (χ2n) is 8.25. The Morgan fingerprint density at radius 3 is 1.07 bits per heavy atom. The van der Waals surface area contributed by atoms with Gasteiger partial charge in [0.15, 0.2) is 0 Å². The predicted molar refractivity (Wildman–Crippen MR) is 138 cm³/mol. The fourth-order valence-corrected chi connectivity index (χ4v) is 3.23. The van der Waals surface area contributed by atoms with Crippen molar-refractivity contribution < 1.29 is 79.2 Å². The van der Waals surface area contributed by atoms with Crippen molar-refractivity contribution in [2.24, 2.45) is 5.73 Å². The van der Waals surface area contributed by atoms with Crippen LogP contribution in [0.5, 0.6) is 0 Å².